The second kappa shape index (κ2) is 8.61. The molecule has 0 aromatic heterocycles. The second-order valence-electron chi connectivity index (χ2n) is 5.93. The molecule has 5 heteroatoms. The Kier molecular flexibility index (Phi) is 7.96. The van der Waals surface area contributed by atoms with Crippen molar-refractivity contribution in [1.82, 2.24) is 5.32 Å². The molecule has 0 spiro atoms. The van der Waals surface area contributed by atoms with Gasteiger partial charge in [-0.05, 0) is 46.0 Å². The summed E-state index contributed by atoms with van der Waals surface area (Å²) in [6, 6.07) is -0.685. The van der Waals surface area contributed by atoms with E-state index in [1.807, 2.05) is 13.0 Å². The van der Waals surface area contributed by atoms with Crippen LogP contribution in [0.4, 0.5) is 4.79 Å². The highest BCUT2D eigenvalue weighted by Gasteiger charge is 2.26. The highest BCUT2D eigenvalue weighted by atomic mass is 16.6. The highest BCUT2D eigenvalue weighted by Crippen LogP contribution is 2.15. The first-order valence-electron chi connectivity index (χ1n) is 6.87. The lowest BCUT2D eigenvalue weighted by Gasteiger charge is -2.24. The third-order valence-electron chi connectivity index (χ3n) is 2.68. The van der Waals surface area contributed by atoms with Crippen LogP contribution < -0.4 is 5.32 Å². The van der Waals surface area contributed by atoms with Crippen molar-refractivity contribution in [2.75, 3.05) is 7.11 Å². The van der Waals surface area contributed by atoms with Crippen LogP contribution in [0.3, 0.4) is 0 Å². The fourth-order valence-corrected chi connectivity index (χ4v) is 1.73. The van der Waals surface area contributed by atoms with Gasteiger partial charge in [-0.2, -0.15) is 0 Å². The van der Waals surface area contributed by atoms with Gasteiger partial charge in [0.15, 0.2) is 0 Å². The fraction of sp³-hybridized carbons (Fsp3) is 0.733. The Labute approximate surface area is 121 Å². The van der Waals surface area contributed by atoms with E-state index in [0.717, 1.165) is 12.8 Å². The van der Waals surface area contributed by atoms with Crippen molar-refractivity contribution < 1.29 is 19.1 Å². The van der Waals surface area contributed by atoms with Crippen molar-refractivity contribution in [3.8, 4) is 0 Å². The van der Waals surface area contributed by atoms with Gasteiger partial charge in [0.05, 0.1) is 7.11 Å². The maximum Gasteiger partial charge on any atom is 0.408 e. The number of rotatable bonds is 7. The summed E-state index contributed by atoms with van der Waals surface area (Å²) < 4.78 is 9.87. The van der Waals surface area contributed by atoms with Crippen molar-refractivity contribution in [2.45, 2.75) is 58.6 Å². The standard InChI is InChI=1S/C15H27NO4/c1-7-8-9-11(2)10-12(13(17)19-6)16-14(18)20-15(3,4)5/h7,11-12H,1,8-10H2,2-6H3,(H,16,18). The largest absolute Gasteiger partial charge is 0.467 e. The molecule has 0 aliphatic rings. The number of carbonyl (C=O) groups is 2. The SMILES string of the molecule is C=CCCC(C)CC(NC(=O)OC(C)(C)C)C(=O)OC. The van der Waals surface area contributed by atoms with Crippen LogP contribution in [0.2, 0.25) is 0 Å². The summed E-state index contributed by atoms with van der Waals surface area (Å²) in [5, 5.41) is 2.57. The molecule has 0 bridgehead atoms. The van der Waals surface area contributed by atoms with E-state index in [9.17, 15) is 9.59 Å². The Balaban J connectivity index is 4.53. The Morgan fingerprint density at radius 1 is 1.35 bits per heavy atom. The van der Waals surface area contributed by atoms with Gasteiger partial charge in [-0.1, -0.05) is 13.0 Å². The lowest BCUT2D eigenvalue weighted by molar-refractivity contribution is -0.143. The molecule has 5 nitrogen and oxygen atoms in total. The molecule has 0 heterocycles. The van der Waals surface area contributed by atoms with E-state index in [1.165, 1.54) is 7.11 Å². The number of hydrogen-bond donors (Lipinski definition) is 1. The fourth-order valence-electron chi connectivity index (χ4n) is 1.73. The van der Waals surface area contributed by atoms with Crippen LogP contribution in [0.15, 0.2) is 12.7 Å². The lowest BCUT2D eigenvalue weighted by atomic mass is 9.97. The molecule has 1 amide bonds. The van der Waals surface area contributed by atoms with E-state index in [4.69, 9.17) is 9.47 Å². The summed E-state index contributed by atoms with van der Waals surface area (Å²) in [6.07, 6.45) is 3.53. The summed E-state index contributed by atoms with van der Waals surface area (Å²) in [5.74, 6) is -0.187. The number of hydrogen-bond acceptors (Lipinski definition) is 4. The average molecular weight is 285 g/mol. The maximum absolute atomic E-state index is 11.7. The molecule has 0 aliphatic carbocycles. The van der Waals surface area contributed by atoms with Crippen LogP contribution in [-0.2, 0) is 14.3 Å². The number of methoxy groups -OCH3 is 1. The molecule has 20 heavy (non-hydrogen) atoms. The van der Waals surface area contributed by atoms with Gasteiger partial charge in [-0.25, -0.2) is 9.59 Å². The van der Waals surface area contributed by atoms with Gasteiger partial charge in [-0.15, -0.1) is 6.58 Å². The van der Waals surface area contributed by atoms with Crippen molar-refractivity contribution in [3.05, 3.63) is 12.7 Å². The minimum atomic E-state index is -0.685. The summed E-state index contributed by atoms with van der Waals surface area (Å²) in [5.41, 5.74) is -0.598. The third-order valence-corrected chi connectivity index (χ3v) is 2.68. The Morgan fingerprint density at radius 3 is 2.40 bits per heavy atom. The van der Waals surface area contributed by atoms with Gasteiger partial charge in [0.2, 0.25) is 0 Å². The summed E-state index contributed by atoms with van der Waals surface area (Å²) >= 11 is 0. The molecule has 0 radical (unpaired) electrons. The Bertz CT molecular complexity index is 333. The first-order valence-corrected chi connectivity index (χ1v) is 6.87. The van der Waals surface area contributed by atoms with Gasteiger partial charge in [-0.3, -0.25) is 0 Å². The van der Waals surface area contributed by atoms with Crippen molar-refractivity contribution in [3.63, 3.8) is 0 Å². The average Bonchev–Trinajstić information content (AvgIpc) is 2.32. The summed E-state index contributed by atoms with van der Waals surface area (Å²) in [6.45, 7) is 11.0. The minimum Gasteiger partial charge on any atom is -0.467 e. The first-order chi connectivity index (χ1) is 9.19. The molecular formula is C15H27NO4. The third kappa shape index (κ3) is 8.56. The summed E-state index contributed by atoms with van der Waals surface area (Å²) in [7, 11) is 1.31. The van der Waals surface area contributed by atoms with Crippen LogP contribution in [-0.4, -0.2) is 30.8 Å². The van der Waals surface area contributed by atoms with Crippen molar-refractivity contribution in [1.29, 1.82) is 0 Å². The Hall–Kier alpha value is -1.52. The van der Waals surface area contributed by atoms with E-state index in [0.29, 0.717) is 6.42 Å². The molecule has 0 fully saturated rings. The lowest BCUT2D eigenvalue weighted by Crippen LogP contribution is -2.44. The molecule has 0 aromatic carbocycles. The molecule has 2 atom stereocenters. The molecule has 1 N–H and O–H groups in total. The monoisotopic (exact) mass is 285 g/mol. The molecule has 0 saturated carbocycles. The van der Waals surface area contributed by atoms with Crippen LogP contribution >= 0.6 is 0 Å². The minimum absolute atomic E-state index is 0.270. The van der Waals surface area contributed by atoms with Crippen LogP contribution in [0.25, 0.3) is 0 Å². The van der Waals surface area contributed by atoms with Gasteiger partial charge < -0.3 is 14.8 Å². The predicted octanol–water partition coefficient (Wildman–Crippen LogP) is 3.05. The highest BCUT2D eigenvalue weighted by molar-refractivity contribution is 5.81. The van der Waals surface area contributed by atoms with Gasteiger partial charge in [0.1, 0.15) is 11.6 Å². The maximum atomic E-state index is 11.7. The van der Waals surface area contributed by atoms with Gasteiger partial charge in [0, 0.05) is 0 Å². The zero-order valence-electron chi connectivity index (χ0n) is 13.2. The zero-order chi connectivity index (χ0) is 15.8. The first kappa shape index (κ1) is 18.5. The number of ether oxygens (including phenoxy) is 2. The number of carbonyl (C=O) groups excluding carboxylic acids is 2. The predicted molar refractivity (Wildman–Crippen MR) is 78.4 cm³/mol. The number of allylic oxidation sites excluding steroid dienone is 1. The van der Waals surface area contributed by atoms with Gasteiger partial charge in [0.25, 0.3) is 0 Å². The molecule has 0 aliphatic heterocycles. The second-order valence-corrected chi connectivity index (χ2v) is 5.93. The van der Waals surface area contributed by atoms with E-state index in [2.05, 4.69) is 11.9 Å². The van der Waals surface area contributed by atoms with Gasteiger partial charge >= 0.3 is 12.1 Å². The zero-order valence-corrected chi connectivity index (χ0v) is 13.2. The smallest absolute Gasteiger partial charge is 0.408 e. The van der Waals surface area contributed by atoms with Crippen molar-refractivity contribution >= 4 is 12.1 Å². The normalized spacial score (nSPS) is 14.1. The molecule has 2 unspecified atom stereocenters. The van der Waals surface area contributed by atoms with Crippen LogP contribution in [0.5, 0.6) is 0 Å². The molecule has 116 valence electrons. The number of alkyl carbamates (subject to hydrolysis) is 1. The van der Waals surface area contributed by atoms with Crippen LogP contribution in [0.1, 0.15) is 47.0 Å². The van der Waals surface area contributed by atoms with E-state index < -0.39 is 23.7 Å². The number of nitrogens with one attached hydrogen (secondary N) is 1. The summed E-state index contributed by atoms with van der Waals surface area (Å²) in [4.78, 5) is 23.4. The number of esters is 1. The molecule has 0 saturated heterocycles. The Morgan fingerprint density at radius 2 is 1.95 bits per heavy atom. The topological polar surface area (TPSA) is 64.6 Å². The van der Waals surface area contributed by atoms with E-state index >= 15 is 0 Å². The molecule has 0 aromatic rings. The number of amides is 1. The molecule has 0 rings (SSSR count). The van der Waals surface area contributed by atoms with E-state index in [-0.39, 0.29) is 5.92 Å². The van der Waals surface area contributed by atoms with Crippen LogP contribution in [0, 0.1) is 5.92 Å². The quantitative estimate of drug-likeness (QED) is 0.577. The van der Waals surface area contributed by atoms with Crippen molar-refractivity contribution in [2.24, 2.45) is 5.92 Å². The molecular weight excluding hydrogens is 258 g/mol. The van der Waals surface area contributed by atoms with E-state index in [1.54, 1.807) is 20.8 Å².